The number of aryl methyl sites for hydroxylation is 1. The molecule has 3 N–H and O–H groups in total. The largest absolute Gasteiger partial charge is 0.384 e. The van der Waals surface area contributed by atoms with E-state index in [4.69, 9.17) is 5.73 Å². The van der Waals surface area contributed by atoms with Gasteiger partial charge in [0.25, 0.3) is 0 Å². The summed E-state index contributed by atoms with van der Waals surface area (Å²) in [5.41, 5.74) is 6.40. The number of nitrogens with two attached hydrogens (primary N) is 1. The first-order chi connectivity index (χ1) is 8.56. The van der Waals surface area contributed by atoms with Crippen LogP contribution >= 0.6 is 11.8 Å². The molecule has 0 bridgehead atoms. The molecule has 2 rings (SSSR count). The van der Waals surface area contributed by atoms with Gasteiger partial charge in [-0.3, -0.25) is 9.69 Å². The number of anilines is 1. The van der Waals surface area contributed by atoms with Gasteiger partial charge in [0, 0.05) is 24.1 Å². The van der Waals surface area contributed by atoms with Gasteiger partial charge in [-0.15, -0.1) is 0 Å². The molecule has 0 atom stereocenters. The zero-order chi connectivity index (χ0) is 13.1. The van der Waals surface area contributed by atoms with Crippen molar-refractivity contribution in [1.29, 1.82) is 0 Å². The highest BCUT2D eigenvalue weighted by molar-refractivity contribution is 7.99. The number of aromatic nitrogens is 2. The number of amides is 3. The maximum Gasteiger partial charge on any atom is 0.324 e. The lowest BCUT2D eigenvalue weighted by Gasteiger charge is -2.11. The van der Waals surface area contributed by atoms with Crippen molar-refractivity contribution in [2.24, 2.45) is 0 Å². The van der Waals surface area contributed by atoms with E-state index in [9.17, 15) is 9.59 Å². The Kier molecular flexibility index (Phi) is 3.66. The van der Waals surface area contributed by atoms with E-state index in [1.807, 2.05) is 6.92 Å². The summed E-state index contributed by atoms with van der Waals surface area (Å²) in [6, 6.07) is 1.34. The quantitative estimate of drug-likeness (QED) is 0.453. The van der Waals surface area contributed by atoms with E-state index >= 15 is 0 Å². The van der Waals surface area contributed by atoms with Crippen molar-refractivity contribution >= 4 is 29.5 Å². The van der Waals surface area contributed by atoms with Crippen LogP contribution in [0.3, 0.4) is 0 Å². The fourth-order valence-electron chi connectivity index (χ4n) is 1.54. The summed E-state index contributed by atoms with van der Waals surface area (Å²) in [7, 11) is 0. The van der Waals surface area contributed by atoms with Crippen molar-refractivity contribution in [1.82, 2.24) is 20.2 Å². The molecule has 96 valence electrons. The zero-order valence-corrected chi connectivity index (χ0v) is 10.7. The molecule has 1 aromatic rings. The summed E-state index contributed by atoms with van der Waals surface area (Å²) in [4.78, 5) is 32.0. The molecule has 7 nitrogen and oxygen atoms in total. The van der Waals surface area contributed by atoms with Gasteiger partial charge in [0.05, 0.1) is 6.54 Å². The summed E-state index contributed by atoms with van der Waals surface area (Å²) in [6.07, 6.45) is 0. The molecule has 0 aliphatic carbocycles. The predicted octanol–water partition coefficient (Wildman–Crippen LogP) is 0.0111. The number of hydrogen-bond acceptors (Lipinski definition) is 6. The number of imide groups is 1. The SMILES string of the molecule is Cc1cc(N)nc(SCCN2C(=O)CNC2=O)n1. The van der Waals surface area contributed by atoms with Crippen molar-refractivity contribution in [2.45, 2.75) is 12.1 Å². The number of nitrogens with zero attached hydrogens (tertiary/aromatic N) is 3. The smallest absolute Gasteiger partial charge is 0.324 e. The summed E-state index contributed by atoms with van der Waals surface area (Å²) in [5, 5.41) is 3.02. The van der Waals surface area contributed by atoms with Crippen LogP contribution in [0.25, 0.3) is 0 Å². The molecule has 1 aromatic heterocycles. The molecule has 3 amide bonds. The maximum absolute atomic E-state index is 11.3. The second kappa shape index (κ2) is 5.21. The minimum absolute atomic E-state index is 0.0807. The van der Waals surface area contributed by atoms with Gasteiger partial charge in [-0.2, -0.15) is 0 Å². The molecular formula is C10H13N5O2S. The molecule has 0 unspecified atom stereocenters. The topological polar surface area (TPSA) is 101 Å². The van der Waals surface area contributed by atoms with E-state index in [1.165, 1.54) is 16.7 Å². The van der Waals surface area contributed by atoms with Crippen molar-refractivity contribution in [3.05, 3.63) is 11.8 Å². The molecule has 1 aliphatic rings. The fraction of sp³-hybridized carbons (Fsp3) is 0.400. The summed E-state index contributed by atoms with van der Waals surface area (Å²) in [6.45, 7) is 2.25. The highest BCUT2D eigenvalue weighted by atomic mass is 32.2. The molecular weight excluding hydrogens is 254 g/mol. The second-order valence-electron chi connectivity index (χ2n) is 3.77. The van der Waals surface area contributed by atoms with Gasteiger partial charge in [0.1, 0.15) is 5.82 Å². The lowest BCUT2D eigenvalue weighted by molar-refractivity contribution is -0.124. The van der Waals surface area contributed by atoms with E-state index < -0.39 is 0 Å². The van der Waals surface area contributed by atoms with Crippen molar-refractivity contribution in [2.75, 3.05) is 24.6 Å². The number of nitrogens with one attached hydrogen (secondary N) is 1. The van der Waals surface area contributed by atoms with Crippen LogP contribution in [0.15, 0.2) is 11.2 Å². The third kappa shape index (κ3) is 2.89. The Hall–Kier alpha value is -1.83. The Morgan fingerprint density at radius 3 is 2.89 bits per heavy atom. The van der Waals surface area contributed by atoms with Crippen molar-refractivity contribution in [3.63, 3.8) is 0 Å². The third-order valence-corrected chi connectivity index (χ3v) is 3.16. The molecule has 1 aliphatic heterocycles. The molecule has 1 fully saturated rings. The Morgan fingerprint density at radius 2 is 2.28 bits per heavy atom. The Balaban J connectivity index is 1.88. The first kappa shape index (κ1) is 12.6. The maximum atomic E-state index is 11.3. The number of urea groups is 1. The third-order valence-electron chi connectivity index (χ3n) is 2.34. The highest BCUT2D eigenvalue weighted by Gasteiger charge is 2.27. The first-order valence-corrected chi connectivity index (χ1v) is 6.37. The Morgan fingerprint density at radius 1 is 1.50 bits per heavy atom. The zero-order valence-electron chi connectivity index (χ0n) is 9.84. The van der Waals surface area contributed by atoms with Crippen LogP contribution in [-0.4, -0.2) is 45.6 Å². The average molecular weight is 267 g/mol. The van der Waals surface area contributed by atoms with Crippen LogP contribution in [0, 0.1) is 6.92 Å². The molecule has 1 saturated heterocycles. The molecule has 8 heteroatoms. The lowest BCUT2D eigenvalue weighted by atomic mass is 10.4. The van der Waals surface area contributed by atoms with Crippen molar-refractivity contribution < 1.29 is 9.59 Å². The Bertz CT molecular complexity index is 457. The molecule has 2 heterocycles. The molecule has 0 spiro atoms. The predicted molar refractivity (Wildman–Crippen MR) is 67.0 cm³/mol. The standard InChI is InChI=1S/C10H13N5O2S/c1-6-4-7(11)14-9(13-6)18-3-2-15-8(16)5-12-10(15)17/h4H,2-3,5H2,1H3,(H,12,17)(H2,11,13,14). The van der Waals surface area contributed by atoms with Crippen LogP contribution in [0.2, 0.25) is 0 Å². The first-order valence-electron chi connectivity index (χ1n) is 5.38. The van der Waals surface area contributed by atoms with E-state index in [1.54, 1.807) is 6.07 Å². The normalized spacial score (nSPS) is 15.1. The van der Waals surface area contributed by atoms with Gasteiger partial charge in [-0.1, -0.05) is 11.8 Å². The van der Waals surface area contributed by atoms with Gasteiger partial charge in [0.15, 0.2) is 5.16 Å². The Labute approximate surface area is 108 Å². The number of carbonyl (C=O) groups excluding carboxylic acids is 2. The van der Waals surface area contributed by atoms with Crippen LogP contribution in [0.1, 0.15) is 5.69 Å². The second-order valence-corrected chi connectivity index (χ2v) is 4.83. The van der Waals surface area contributed by atoms with E-state index in [0.29, 0.717) is 23.3 Å². The molecule has 0 saturated carbocycles. The van der Waals surface area contributed by atoms with Gasteiger partial charge in [-0.25, -0.2) is 14.8 Å². The monoisotopic (exact) mass is 267 g/mol. The minimum Gasteiger partial charge on any atom is -0.384 e. The summed E-state index contributed by atoms with van der Waals surface area (Å²) in [5.74, 6) is 0.757. The van der Waals surface area contributed by atoms with Crippen LogP contribution in [0.5, 0.6) is 0 Å². The van der Waals surface area contributed by atoms with Crippen LogP contribution in [-0.2, 0) is 4.79 Å². The fourth-order valence-corrected chi connectivity index (χ4v) is 2.37. The lowest BCUT2D eigenvalue weighted by Crippen LogP contribution is -2.32. The average Bonchev–Trinajstić information content (AvgIpc) is 2.59. The number of thioether (sulfide) groups is 1. The van der Waals surface area contributed by atoms with Gasteiger partial charge in [0.2, 0.25) is 5.91 Å². The number of nitrogen functional groups attached to an aromatic ring is 1. The highest BCUT2D eigenvalue weighted by Crippen LogP contribution is 2.15. The number of carbonyl (C=O) groups is 2. The van der Waals surface area contributed by atoms with Crippen LogP contribution in [0.4, 0.5) is 10.6 Å². The van der Waals surface area contributed by atoms with E-state index in [-0.39, 0.29) is 18.5 Å². The van der Waals surface area contributed by atoms with Gasteiger partial charge < -0.3 is 11.1 Å². The summed E-state index contributed by atoms with van der Waals surface area (Å²) >= 11 is 1.36. The number of rotatable bonds is 4. The van der Waals surface area contributed by atoms with Crippen molar-refractivity contribution in [3.8, 4) is 0 Å². The molecule has 18 heavy (non-hydrogen) atoms. The molecule has 0 aromatic carbocycles. The van der Waals surface area contributed by atoms with Crippen LogP contribution < -0.4 is 11.1 Å². The van der Waals surface area contributed by atoms with Gasteiger partial charge >= 0.3 is 6.03 Å². The van der Waals surface area contributed by atoms with Gasteiger partial charge in [-0.05, 0) is 6.92 Å². The van der Waals surface area contributed by atoms with E-state index in [0.717, 1.165) is 5.69 Å². The number of hydrogen-bond donors (Lipinski definition) is 2. The summed E-state index contributed by atoms with van der Waals surface area (Å²) < 4.78 is 0. The minimum atomic E-state index is -0.342. The van der Waals surface area contributed by atoms with E-state index in [2.05, 4.69) is 15.3 Å². The molecule has 0 radical (unpaired) electrons.